The van der Waals surface area contributed by atoms with Gasteiger partial charge in [-0.15, -0.1) is 0 Å². The fourth-order valence-electron chi connectivity index (χ4n) is 1.68. The number of anilines is 1. The van der Waals surface area contributed by atoms with E-state index in [1.807, 2.05) is 6.92 Å². The summed E-state index contributed by atoms with van der Waals surface area (Å²) < 4.78 is 26.8. The Balaban J connectivity index is 2.94. The van der Waals surface area contributed by atoms with Gasteiger partial charge < -0.3 is 11.1 Å². The van der Waals surface area contributed by atoms with E-state index in [1.165, 1.54) is 13.1 Å². The topological polar surface area (TPSA) is 101 Å². The van der Waals surface area contributed by atoms with Crippen molar-refractivity contribution < 1.29 is 13.2 Å². The Morgan fingerprint density at radius 2 is 1.95 bits per heavy atom. The minimum Gasteiger partial charge on any atom is -0.398 e. The summed E-state index contributed by atoms with van der Waals surface area (Å²) in [6.45, 7) is 5.14. The van der Waals surface area contributed by atoms with Gasteiger partial charge in [0.2, 0.25) is 15.9 Å². The monoisotopic (exact) mass is 299 g/mol. The van der Waals surface area contributed by atoms with E-state index in [0.29, 0.717) is 0 Å². The summed E-state index contributed by atoms with van der Waals surface area (Å²) in [6.07, 6.45) is 0. The minimum atomic E-state index is -3.74. The molecular formula is C13H21N3O3S. The number of nitrogens with one attached hydrogen (secondary N) is 2. The molecule has 0 fully saturated rings. The molecule has 20 heavy (non-hydrogen) atoms. The molecule has 0 atom stereocenters. The van der Waals surface area contributed by atoms with Crippen molar-refractivity contribution in [3.05, 3.63) is 23.8 Å². The van der Waals surface area contributed by atoms with Gasteiger partial charge in [0.1, 0.15) is 4.90 Å². The van der Waals surface area contributed by atoms with Gasteiger partial charge >= 0.3 is 0 Å². The highest BCUT2D eigenvalue weighted by Gasteiger charge is 2.29. The molecule has 0 bridgehead atoms. The van der Waals surface area contributed by atoms with Crippen molar-refractivity contribution in [2.75, 3.05) is 19.3 Å². The average Bonchev–Trinajstić information content (AvgIpc) is 2.35. The molecule has 0 saturated heterocycles. The van der Waals surface area contributed by atoms with E-state index in [1.54, 1.807) is 26.0 Å². The van der Waals surface area contributed by atoms with E-state index in [-0.39, 0.29) is 23.0 Å². The lowest BCUT2D eigenvalue weighted by molar-refractivity contribution is -0.128. The molecule has 4 N–H and O–H groups in total. The van der Waals surface area contributed by atoms with Gasteiger partial charge in [0.15, 0.2) is 0 Å². The largest absolute Gasteiger partial charge is 0.398 e. The Morgan fingerprint density at radius 1 is 1.35 bits per heavy atom. The highest BCUT2D eigenvalue weighted by atomic mass is 32.2. The SMILES string of the molecule is CNC(=O)C(C)(C)CNS(=O)(=O)c1ccc(C)cc1N. The lowest BCUT2D eigenvalue weighted by atomic mass is 9.93. The standard InChI is InChI=1S/C13H21N3O3S/c1-9-5-6-11(10(14)7-9)20(18,19)16-8-13(2,3)12(17)15-4/h5-7,16H,8,14H2,1-4H3,(H,15,17). The predicted molar refractivity (Wildman–Crippen MR) is 78.6 cm³/mol. The molecule has 0 radical (unpaired) electrons. The second-order valence-corrected chi connectivity index (χ2v) is 7.06. The van der Waals surface area contributed by atoms with Gasteiger partial charge in [-0.05, 0) is 38.5 Å². The highest BCUT2D eigenvalue weighted by Crippen LogP contribution is 2.21. The summed E-state index contributed by atoms with van der Waals surface area (Å²) in [6, 6.07) is 4.73. The van der Waals surface area contributed by atoms with Crippen LogP contribution in [0.15, 0.2) is 23.1 Å². The van der Waals surface area contributed by atoms with Crippen LogP contribution in [0.2, 0.25) is 0 Å². The van der Waals surface area contributed by atoms with Crippen LogP contribution in [-0.4, -0.2) is 27.9 Å². The van der Waals surface area contributed by atoms with E-state index in [4.69, 9.17) is 5.73 Å². The van der Waals surface area contributed by atoms with E-state index < -0.39 is 15.4 Å². The molecule has 0 heterocycles. The van der Waals surface area contributed by atoms with Gasteiger partial charge in [-0.2, -0.15) is 0 Å². The van der Waals surface area contributed by atoms with Crippen LogP contribution >= 0.6 is 0 Å². The number of amides is 1. The van der Waals surface area contributed by atoms with Gasteiger partial charge in [-0.3, -0.25) is 4.79 Å². The van der Waals surface area contributed by atoms with Crippen molar-refractivity contribution in [3.8, 4) is 0 Å². The second-order valence-electron chi connectivity index (χ2n) is 5.33. The molecule has 6 nitrogen and oxygen atoms in total. The van der Waals surface area contributed by atoms with Gasteiger partial charge in [-0.25, -0.2) is 13.1 Å². The van der Waals surface area contributed by atoms with Gasteiger partial charge in [0.05, 0.1) is 11.1 Å². The van der Waals surface area contributed by atoms with E-state index >= 15 is 0 Å². The Hall–Kier alpha value is -1.60. The lowest BCUT2D eigenvalue weighted by Gasteiger charge is -2.23. The fourth-order valence-corrected chi connectivity index (χ4v) is 3.01. The number of hydrogen-bond donors (Lipinski definition) is 3. The van der Waals surface area contributed by atoms with Crippen LogP contribution in [0.5, 0.6) is 0 Å². The summed E-state index contributed by atoms with van der Waals surface area (Å²) in [5, 5.41) is 2.50. The summed E-state index contributed by atoms with van der Waals surface area (Å²) in [4.78, 5) is 11.7. The minimum absolute atomic E-state index is 0.0116. The van der Waals surface area contributed by atoms with Gasteiger partial charge in [-0.1, -0.05) is 6.07 Å². The van der Waals surface area contributed by atoms with E-state index in [9.17, 15) is 13.2 Å². The molecule has 1 aromatic carbocycles. The van der Waals surface area contributed by atoms with Crippen molar-refractivity contribution in [2.24, 2.45) is 5.41 Å². The maximum Gasteiger partial charge on any atom is 0.242 e. The van der Waals surface area contributed by atoms with Crippen LogP contribution in [0, 0.1) is 12.3 Å². The van der Waals surface area contributed by atoms with Crippen molar-refractivity contribution in [2.45, 2.75) is 25.7 Å². The molecule has 1 aromatic rings. The number of carbonyl (C=O) groups is 1. The first-order valence-corrected chi connectivity index (χ1v) is 7.66. The number of carbonyl (C=O) groups excluding carboxylic acids is 1. The quantitative estimate of drug-likeness (QED) is 0.694. The maximum absolute atomic E-state index is 12.2. The third-order valence-electron chi connectivity index (χ3n) is 3.00. The third-order valence-corrected chi connectivity index (χ3v) is 4.48. The number of nitrogens with two attached hydrogens (primary N) is 1. The van der Waals surface area contributed by atoms with Crippen molar-refractivity contribution >= 4 is 21.6 Å². The maximum atomic E-state index is 12.2. The predicted octanol–water partition coefficient (Wildman–Crippen LogP) is 0.628. The van der Waals surface area contributed by atoms with Crippen LogP contribution in [0.25, 0.3) is 0 Å². The highest BCUT2D eigenvalue weighted by molar-refractivity contribution is 7.89. The lowest BCUT2D eigenvalue weighted by Crippen LogP contribution is -2.43. The molecule has 0 aliphatic carbocycles. The zero-order valence-electron chi connectivity index (χ0n) is 12.1. The van der Waals surface area contributed by atoms with Gasteiger partial charge in [0, 0.05) is 13.6 Å². The Bertz CT molecular complexity index is 609. The molecule has 112 valence electrons. The number of sulfonamides is 1. The smallest absolute Gasteiger partial charge is 0.242 e. The molecule has 0 aromatic heterocycles. The Kier molecular flexibility index (Phi) is 4.77. The Labute approximate surface area is 119 Å². The Morgan fingerprint density at radius 3 is 2.45 bits per heavy atom. The number of benzene rings is 1. The van der Waals surface area contributed by atoms with Crippen molar-refractivity contribution in [1.82, 2.24) is 10.0 Å². The average molecular weight is 299 g/mol. The van der Waals surface area contributed by atoms with E-state index in [0.717, 1.165) is 5.56 Å². The number of nitrogen functional groups attached to an aromatic ring is 1. The summed E-state index contributed by atoms with van der Waals surface area (Å²) in [7, 11) is -2.23. The zero-order valence-corrected chi connectivity index (χ0v) is 13.0. The first-order valence-electron chi connectivity index (χ1n) is 6.18. The van der Waals surface area contributed by atoms with Crippen LogP contribution in [0.4, 0.5) is 5.69 Å². The molecule has 1 rings (SSSR count). The molecule has 0 aliphatic rings. The molecule has 0 unspecified atom stereocenters. The van der Waals surface area contributed by atoms with Crippen molar-refractivity contribution in [3.63, 3.8) is 0 Å². The summed E-state index contributed by atoms with van der Waals surface area (Å²) in [5.74, 6) is -0.239. The van der Waals surface area contributed by atoms with Crippen LogP contribution in [-0.2, 0) is 14.8 Å². The summed E-state index contributed by atoms with van der Waals surface area (Å²) in [5.41, 5.74) is 5.96. The summed E-state index contributed by atoms with van der Waals surface area (Å²) >= 11 is 0. The molecule has 0 saturated carbocycles. The van der Waals surface area contributed by atoms with Crippen LogP contribution < -0.4 is 15.8 Å². The zero-order chi connectivity index (χ0) is 15.6. The molecule has 7 heteroatoms. The normalized spacial score (nSPS) is 12.2. The number of hydrogen-bond acceptors (Lipinski definition) is 4. The molecule has 0 spiro atoms. The number of rotatable bonds is 5. The fraction of sp³-hybridized carbons (Fsp3) is 0.462. The van der Waals surface area contributed by atoms with Crippen molar-refractivity contribution in [1.29, 1.82) is 0 Å². The first-order chi connectivity index (χ1) is 9.10. The first kappa shape index (κ1) is 16.5. The molecule has 1 amide bonds. The van der Waals surface area contributed by atoms with E-state index in [2.05, 4.69) is 10.0 Å². The second kappa shape index (κ2) is 5.80. The molecule has 0 aliphatic heterocycles. The number of aryl methyl sites for hydroxylation is 1. The van der Waals surface area contributed by atoms with Gasteiger partial charge in [0.25, 0.3) is 0 Å². The van der Waals surface area contributed by atoms with Crippen LogP contribution in [0.3, 0.4) is 0 Å². The van der Waals surface area contributed by atoms with Crippen LogP contribution in [0.1, 0.15) is 19.4 Å². The third kappa shape index (κ3) is 3.71. The molecular weight excluding hydrogens is 278 g/mol.